The predicted molar refractivity (Wildman–Crippen MR) is 152 cm³/mol. The lowest BCUT2D eigenvalue weighted by Gasteiger charge is -2.36. The molecule has 6 rings (SSSR count). The first-order chi connectivity index (χ1) is 17.3. The Morgan fingerprint density at radius 1 is 0.806 bits per heavy atom. The van der Waals surface area contributed by atoms with Crippen LogP contribution in [0.4, 0.5) is 0 Å². The normalized spacial score (nSPS) is 18.6. The smallest absolute Gasteiger partial charge is 0.188 e. The van der Waals surface area contributed by atoms with Crippen molar-refractivity contribution in [2.45, 2.75) is 64.2 Å². The van der Waals surface area contributed by atoms with Crippen molar-refractivity contribution < 1.29 is 9.47 Å². The molecule has 3 aliphatic carbocycles. The summed E-state index contributed by atoms with van der Waals surface area (Å²) in [4.78, 5) is 0. The molecule has 0 aromatic heterocycles. The van der Waals surface area contributed by atoms with E-state index in [1.165, 1.54) is 58.7 Å². The van der Waals surface area contributed by atoms with E-state index in [0.717, 1.165) is 5.75 Å². The maximum atomic E-state index is 5.54. The van der Waals surface area contributed by atoms with E-state index in [1.807, 2.05) is 6.07 Å². The molecular formula is C34H38O2. The molecule has 186 valence electrons. The topological polar surface area (TPSA) is 18.5 Å². The number of rotatable bonds is 3. The van der Waals surface area contributed by atoms with E-state index in [0.29, 0.717) is 6.79 Å². The van der Waals surface area contributed by atoms with Crippen molar-refractivity contribution in [3.8, 4) is 5.75 Å². The minimum atomic E-state index is 0.0529. The molecule has 0 radical (unpaired) electrons. The Kier molecular flexibility index (Phi) is 6.66. The van der Waals surface area contributed by atoms with Gasteiger partial charge in [-0.3, -0.25) is 0 Å². The summed E-state index contributed by atoms with van der Waals surface area (Å²) in [7, 11) is 1.63. The molecule has 36 heavy (non-hydrogen) atoms. The molecule has 3 aliphatic rings. The Hall–Kier alpha value is -3.10. The molecule has 3 aromatic carbocycles. The Balaban J connectivity index is 0.000000148. The van der Waals surface area contributed by atoms with Crippen molar-refractivity contribution in [1.29, 1.82) is 0 Å². The van der Waals surface area contributed by atoms with Crippen molar-refractivity contribution in [1.82, 2.24) is 0 Å². The highest BCUT2D eigenvalue weighted by Gasteiger charge is 2.32. The summed E-state index contributed by atoms with van der Waals surface area (Å²) in [6.07, 6.45) is 14.2. The highest BCUT2D eigenvalue weighted by atomic mass is 16.7. The van der Waals surface area contributed by atoms with Crippen LogP contribution in [0.5, 0.6) is 5.75 Å². The van der Waals surface area contributed by atoms with Crippen LogP contribution in [-0.4, -0.2) is 13.9 Å². The highest BCUT2D eigenvalue weighted by Crippen LogP contribution is 2.42. The van der Waals surface area contributed by atoms with Gasteiger partial charge in [0.05, 0.1) is 0 Å². The molecule has 2 nitrogen and oxygen atoms in total. The van der Waals surface area contributed by atoms with Gasteiger partial charge in [0, 0.05) is 17.9 Å². The molecule has 0 spiro atoms. The summed E-state index contributed by atoms with van der Waals surface area (Å²) in [6, 6.07) is 19.7. The summed E-state index contributed by atoms with van der Waals surface area (Å²) in [5.41, 5.74) is 9.06. The molecule has 0 amide bonds. The number of ether oxygens (including phenoxy) is 2. The monoisotopic (exact) mass is 478 g/mol. The number of hydrogen-bond donors (Lipinski definition) is 0. The summed E-state index contributed by atoms with van der Waals surface area (Å²) in [5, 5.41) is 2.82. The van der Waals surface area contributed by atoms with Crippen LogP contribution in [0, 0.1) is 0 Å². The maximum absolute atomic E-state index is 5.54. The van der Waals surface area contributed by atoms with Gasteiger partial charge in [-0.2, -0.15) is 0 Å². The third-order valence-corrected chi connectivity index (χ3v) is 7.93. The molecule has 0 fully saturated rings. The zero-order chi connectivity index (χ0) is 25.3. The van der Waals surface area contributed by atoms with E-state index in [-0.39, 0.29) is 10.8 Å². The molecule has 0 N–H and O–H groups in total. The van der Waals surface area contributed by atoms with Gasteiger partial charge in [-0.1, -0.05) is 100 Å². The van der Waals surface area contributed by atoms with Gasteiger partial charge in [-0.05, 0) is 76.4 Å². The highest BCUT2D eigenvalue weighted by molar-refractivity contribution is 5.93. The predicted octanol–water partition coefficient (Wildman–Crippen LogP) is 8.68. The first-order valence-electron chi connectivity index (χ1n) is 13.2. The van der Waals surface area contributed by atoms with Crippen LogP contribution in [0.1, 0.15) is 69.2 Å². The Morgan fingerprint density at radius 2 is 1.58 bits per heavy atom. The van der Waals surface area contributed by atoms with Gasteiger partial charge in [0.2, 0.25) is 0 Å². The van der Waals surface area contributed by atoms with E-state index in [4.69, 9.17) is 9.47 Å². The van der Waals surface area contributed by atoms with Crippen molar-refractivity contribution in [2.75, 3.05) is 13.9 Å². The number of fused-ring (bicyclic) bond motifs is 5. The minimum Gasteiger partial charge on any atom is -0.468 e. The molecule has 3 aromatic rings. The Labute approximate surface area is 216 Å². The van der Waals surface area contributed by atoms with Gasteiger partial charge >= 0.3 is 0 Å². The lowest BCUT2D eigenvalue weighted by atomic mass is 9.68. The lowest BCUT2D eigenvalue weighted by Crippen LogP contribution is -2.28. The average molecular weight is 479 g/mol. The van der Waals surface area contributed by atoms with Gasteiger partial charge in [-0.15, -0.1) is 0 Å². The van der Waals surface area contributed by atoms with Gasteiger partial charge in [-0.25, -0.2) is 0 Å². The van der Waals surface area contributed by atoms with E-state index < -0.39 is 0 Å². The molecule has 0 saturated heterocycles. The van der Waals surface area contributed by atoms with Crippen LogP contribution >= 0.6 is 0 Å². The fraction of sp³-hybridized carbons (Fsp3) is 0.353. The largest absolute Gasteiger partial charge is 0.468 e. The van der Waals surface area contributed by atoms with Crippen LogP contribution in [0.15, 0.2) is 84.5 Å². The molecule has 0 unspecified atom stereocenters. The van der Waals surface area contributed by atoms with Gasteiger partial charge in [0.1, 0.15) is 5.75 Å². The van der Waals surface area contributed by atoms with Gasteiger partial charge in [0.15, 0.2) is 6.79 Å². The second-order valence-corrected chi connectivity index (χ2v) is 11.3. The second kappa shape index (κ2) is 9.75. The molecule has 0 saturated carbocycles. The Bertz CT molecular complexity index is 1370. The molecule has 0 heterocycles. The summed E-state index contributed by atoms with van der Waals surface area (Å²) >= 11 is 0. The first-order valence-corrected chi connectivity index (χ1v) is 13.2. The van der Waals surface area contributed by atoms with Gasteiger partial charge < -0.3 is 9.47 Å². The summed E-state index contributed by atoms with van der Waals surface area (Å²) in [6.45, 7) is 9.24. The molecule has 0 bridgehead atoms. The number of methoxy groups -OCH3 is 1. The fourth-order valence-corrected chi connectivity index (χ4v) is 5.82. The van der Waals surface area contributed by atoms with Crippen LogP contribution in [0.2, 0.25) is 0 Å². The first kappa shape index (κ1) is 24.6. The molecule has 2 heteroatoms. The maximum Gasteiger partial charge on any atom is 0.188 e. The van der Waals surface area contributed by atoms with Crippen molar-refractivity contribution in [2.24, 2.45) is 0 Å². The zero-order valence-corrected chi connectivity index (χ0v) is 22.4. The molecule has 0 aliphatic heterocycles. The Morgan fingerprint density at radius 3 is 2.39 bits per heavy atom. The summed E-state index contributed by atoms with van der Waals surface area (Å²) < 4.78 is 10.5. The average Bonchev–Trinajstić information content (AvgIpc) is 2.90. The van der Waals surface area contributed by atoms with E-state index in [2.05, 4.69) is 101 Å². The number of benzene rings is 3. The van der Waals surface area contributed by atoms with Gasteiger partial charge in [0.25, 0.3) is 0 Å². The van der Waals surface area contributed by atoms with E-state index in [9.17, 15) is 0 Å². The van der Waals surface area contributed by atoms with Crippen LogP contribution in [0.25, 0.3) is 16.3 Å². The number of aryl methyl sites for hydroxylation is 1. The second-order valence-electron chi connectivity index (χ2n) is 11.3. The van der Waals surface area contributed by atoms with E-state index in [1.54, 1.807) is 18.2 Å². The van der Waals surface area contributed by atoms with Crippen molar-refractivity contribution in [3.63, 3.8) is 0 Å². The molecule has 0 atom stereocenters. The standard InChI is InChI=1S/C18H16.C16H22O2/c1-3-7-15-13(5-1)9-11-18-16-8-4-2-6-14(16)10-12-17(15)18;1-15(2)8-9-16(3,4)14-10-12(18-11-17-5)6-7-13(14)15/h1,3-5,7-9,11H,2,6,10,12H2;6-10H,11H2,1-5H3. The van der Waals surface area contributed by atoms with Crippen LogP contribution in [-0.2, 0) is 22.0 Å². The third kappa shape index (κ3) is 4.67. The number of allylic oxidation sites excluding steroid dienone is 6. The lowest BCUT2D eigenvalue weighted by molar-refractivity contribution is 0.0510. The quantitative estimate of drug-likeness (QED) is 0.277. The summed E-state index contributed by atoms with van der Waals surface area (Å²) in [5.74, 6) is 0.870. The zero-order valence-electron chi connectivity index (χ0n) is 22.4. The van der Waals surface area contributed by atoms with E-state index >= 15 is 0 Å². The van der Waals surface area contributed by atoms with Crippen LogP contribution in [0.3, 0.4) is 0 Å². The minimum absolute atomic E-state index is 0.0529. The van der Waals surface area contributed by atoms with Crippen molar-refractivity contribution in [3.05, 3.63) is 107 Å². The third-order valence-electron chi connectivity index (χ3n) is 7.93. The number of hydrogen-bond acceptors (Lipinski definition) is 2. The SMILES string of the molecule is C1=CC2=C(CC1)CCc1c2ccc2ccccc12.COCOc1ccc2c(c1)C(C)(C)C=CC2(C)C. The van der Waals surface area contributed by atoms with Crippen molar-refractivity contribution >= 4 is 16.3 Å². The fourth-order valence-electron chi connectivity index (χ4n) is 5.82. The molecular weight excluding hydrogens is 440 g/mol. The van der Waals surface area contributed by atoms with Crippen LogP contribution < -0.4 is 4.74 Å².